The molecule has 74 valence electrons. The molecule has 2 aromatic rings. The molecule has 0 radical (unpaired) electrons. The van der Waals surface area contributed by atoms with Crippen LogP contribution in [0.4, 0.5) is 0 Å². The summed E-state index contributed by atoms with van der Waals surface area (Å²) in [5.41, 5.74) is 1.34. The minimum absolute atomic E-state index is 0.128. The summed E-state index contributed by atoms with van der Waals surface area (Å²) in [5, 5.41) is 8.68. The van der Waals surface area contributed by atoms with Gasteiger partial charge in [-0.3, -0.25) is 0 Å². The average Bonchev–Trinajstić information content (AvgIpc) is 2.61. The minimum atomic E-state index is -0.996. The van der Waals surface area contributed by atoms with Gasteiger partial charge in [0.1, 0.15) is 18.1 Å². The van der Waals surface area contributed by atoms with E-state index in [1.807, 2.05) is 0 Å². The van der Waals surface area contributed by atoms with Crippen molar-refractivity contribution in [2.45, 2.75) is 6.61 Å². The predicted molar refractivity (Wildman–Crippen MR) is 48.2 cm³/mol. The SMILES string of the molecule is COCc1cc2[nH]c(C(=O)O)cc2o1. The molecule has 0 saturated heterocycles. The molecule has 2 aromatic heterocycles. The van der Waals surface area contributed by atoms with Crippen LogP contribution in [0.25, 0.3) is 11.1 Å². The number of nitrogens with one attached hydrogen (secondary N) is 1. The highest BCUT2D eigenvalue weighted by molar-refractivity contribution is 5.91. The van der Waals surface area contributed by atoms with E-state index in [2.05, 4.69) is 4.98 Å². The van der Waals surface area contributed by atoms with E-state index in [1.165, 1.54) is 6.07 Å². The van der Waals surface area contributed by atoms with E-state index in [1.54, 1.807) is 13.2 Å². The molecule has 0 amide bonds. The number of H-pyrrole nitrogens is 1. The van der Waals surface area contributed by atoms with E-state index in [0.29, 0.717) is 23.5 Å². The Balaban J connectivity index is 2.40. The first-order valence-corrected chi connectivity index (χ1v) is 4.04. The summed E-state index contributed by atoms with van der Waals surface area (Å²) in [7, 11) is 1.57. The zero-order chi connectivity index (χ0) is 10.1. The van der Waals surface area contributed by atoms with Gasteiger partial charge in [0.2, 0.25) is 0 Å². The number of furan rings is 1. The predicted octanol–water partition coefficient (Wildman–Crippen LogP) is 1.61. The molecular formula is C9H9NO4. The minimum Gasteiger partial charge on any atom is -0.477 e. The third kappa shape index (κ3) is 1.38. The molecule has 0 unspecified atom stereocenters. The highest BCUT2D eigenvalue weighted by Gasteiger charge is 2.11. The molecule has 2 heterocycles. The standard InChI is InChI=1S/C9H9NO4/c1-13-4-5-2-6-8(14-5)3-7(10-6)9(11)12/h2-3,10H,4H2,1H3,(H,11,12). The van der Waals surface area contributed by atoms with Crippen LogP contribution in [0, 0.1) is 0 Å². The van der Waals surface area contributed by atoms with Crippen LogP contribution in [-0.2, 0) is 11.3 Å². The molecule has 5 nitrogen and oxygen atoms in total. The number of aromatic nitrogens is 1. The Morgan fingerprint density at radius 2 is 2.43 bits per heavy atom. The molecule has 2 rings (SSSR count). The lowest BCUT2D eigenvalue weighted by Crippen LogP contribution is -1.95. The van der Waals surface area contributed by atoms with Crippen molar-refractivity contribution >= 4 is 17.1 Å². The number of hydrogen-bond donors (Lipinski definition) is 2. The molecule has 0 aliphatic rings. The molecule has 14 heavy (non-hydrogen) atoms. The molecule has 0 spiro atoms. The van der Waals surface area contributed by atoms with Crippen LogP contribution in [0.2, 0.25) is 0 Å². The van der Waals surface area contributed by atoms with Crippen LogP contribution in [0.3, 0.4) is 0 Å². The van der Waals surface area contributed by atoms with Crippen LogP contribution in [0.15, 0.2) is 16.5 Å². The van der Waals surface area contributed by atoms with E-state index < -0.39 is 5.97 Å². The summed E-state index contributed by atoms with van der Waals surface area (Å²) in [6.07, 6.45) is 0. The van der Waals surface area contributed by atoms with Gasteiger partial charge in [-0.2, -0.15) is 0 Å². The maximum absolute atomic E-state index is 10.6. The lowest BCUT2D eigenvalue weighted by Gasteiger charge is -1.90. The Hall–Kier alpha value is -1.75. The second-order valence-corrected chi connectivity index (χ2v) is 2.91. The Kier molecular flexibility index (Phi) is 2.01. The van der Waals surface area contributed by atoms with Crippen molar-refractivity contribution in [3.05, 3.63) is 23.6 Å². The van der Waals surface area contributed by atoms with Crippen molar-refractivity contribution < 1.29 is 19.1 Å². The molecule has 0 fully saturated rings. The molecule has 0 aliphatic carbocycles. The molecule has 0 atom stereocenters. The van der Waals surface area contributed by atoms with Gasteiger partial charge in [-0.15, -0.1) is 0 Å². The number of aromatic carboxylic acids is 1. The molecule has 0 bridgehead atoms. The van der Waals surface area contributed by atoms with Gasteiger partial charge in [0, 0.05) is 19.2 Å². The lowest BCUT2D eigenvalue weighted by molar-refractivity contribution is 0.0691. The van der Waals surface area contributed by atoms with Gasteiger partial charge in [-0.25, -0.2) is 4.79 Å². The van der Waals surface area contributed by atoms with Gasteiger partial charge in [-0.1, -0.05) is 0 Å². The van der Waals surface area contributed by atoms with Crippen LogP contribution >= 0.6 is 0 Å². The van der Waals surface area contributed by atoms with Crippen molar-refractivity contribution in [3.8, 4) is 0 Å². The van der Waals surface area contributed by atoms with Gasteiger partial charge < -0.3 is 19.2 Å². The average molecular weight is 195 g/mol. The molecule has 5 heteroatoms. The summed E-state index contributed by atoms with van der Waals surface area (Å²) >= 11 is 0. The van der Waals surface area contributed by atoms with Crippen molar-refractivity contribution in [3.63, 3.8) is 0 Å². The number of methoxy groups -OCH3 is 1. The Labute approximate surface area is 79.3 Å². The number of fused-ring (bicyclic) bond motifs is 1. The maximum atomic E-state index is 10.6. The van der Waals surface area contributed by atoms with E-state index >= 15 is 0 Å². The lowest BCUT2D eigenvalue weighted by atomic mass is 10.4. The fourth-order valence-corrected chi connectivity index (χ4v) is 1.30. The number of carboxylic acid groups (broad SMARTS) is 1. The van der Waals surface area contributed by atoms with E-state index in [0.717, 1.165) is 0 Å². The number of carboxylic acids is 1. The molecule has 0 saturated carbocycles. The second kappa shape index (κ2) is 3.19. The topological polar surface area (TPSA) is 75.5 Å². The Bertz CT molecular complexity index is 437. The number of rotatable bonds is 3. The summed E-state index contributed by atoms with van der Waals surface area (Å²) in [5.74, 6) is -0.324. The quantitative estimate of drug-likeness (QED) is 0.780. The summed E-state index contributed by atoms with van der Waals surface area (Å²) in [6.45, 7) is 0.380. The van der Waals surface area contributed by atoms with Gasteiger partial charge in [0.15, 0.2) is 5.58 Å². The van der Waals surface area contributed by atoms with Gasteiger partial charge >= 0.3 is 5.97 Å². The van der Waals surface area contributed by atoms with Crippen molar-refractivity contribution in [2.24, 2.45) is 0 Å². The van der Waals surface area contributed by atoms with Crippen LogP contribution in [-0.4, -0.2) is 23.2 Å². The third-order valence-electron chi connectivity index (χ3n) is 1.87. The normalized spacial score (nSPS) is 10.9. The Morgan fingerprint density at radius 3 is 3.00 bits per heavy atom. The number of ether oxygens (including phenoxy) is 1. The highest BCUT2D eigenvalue weighted by atomic mass is 16.5. The molecule has 0 aliphatic heterocycles. The molecule has 2 N–H and O–H groups in total. The zero-order valence-electron chi connectivity index (χ0n) is 7.53. The van der Waals surface area contributed by atoms with E-state index in [9.17, 15) is 4.79 Å². The van der Waals surface area contributed by atoms with Crippen LogP contribution in [0.1, 0.15) is 16.2 Å². The van der Waals surface area contributed by atoms with Gasteiger partial charge in [-0.05, 0) is 0 Å². The van der Waals surface area contributed by atoms with E-state index in [4.69, 9.17) is 14.3 Å². The molecular weight excluding hydrogens is 186 g/mol. The first kappa shape index (κ1) is 8.83. The summed E-state index contributed by atoms with van der Waals surface area (Å²) in [4.78, 5) is 13.3. The summed E-state index contributed by atoms with van der Waals surface area (Å²) < 4.78 is 10.2. The Morgan fingerprint density at radius 1 is 1.64 bits per heavy atom. The number of carbonyl (C=O) groups is 1. The van der Waals surface area contributed by atoms with Crippen LogP contribution in [0.5, 0.6) is 0 Å². The first-order valence-electron chi connectivity index (χ1n) is 4.04. The second-order valence-electron chi connectivity index (χ2n) is 2.91. The summed E-state index contributed by atoms with van der Waals surface area (Å²) in [6, 6.07) is 3.18. The van der Waals surface area contributed by atoms with E-state index in [-0.39, 0.29) is 5.69 Å². The van der Waals surface area contributed by atoms with Gasteiger partial charge in [0.25, 0.3) is 0 Å². The van der Waals surface area contributed by atoms with Crippen molar-refractivity contribution in [2.75, 3.05) is 7.11 Å². The monoisotopic (exact) mass is 195 g/mol. The smallest absolute Gasteiger partial charge is 0.352 e. The number of hydrogen-bond acceptors (Lipinski definition) is 3. The van der Waals surface area contributed by atoms with Gasteiger partial charge in [0.05, 0.1) is 5.52 Å². The fraction of sp³-hybridized carbons (Fsp3) is 0.222. The zero-order valence-corrected chi connectivity index (χ0v) is 7.53. The van der Waals surface area contributed by atoms with Crippen molar-refractivity contribution in [1.82, 2.24) is 4.98 Å². The largest absolute Gasteiger partial charge is 0.477 e. The highest BCUT2D eigenvalue weighted by Crippen LogP contribution is 2.20. The fourth-order valence-electron chi connectivity index (χ4n) is 1.30. The number of aromatic amines is 1. The molecule has 0 aromatic carbocycles. The third-order valence-corrected chi connectivity index (χ3v) is 1.87. The van der Waals surface area contributed by atoms with Crippen molar-refractivity contribution in [1.29, 1.82) is 0 Å². The maximum Gasteiger partial charge on any atom is 0.352 e. The first-order chi connectivity index (χ1) is 6.70. The van der Waals surface area contributed by atoms with Crippen LogP contribution < -0.4 is 0 Å².